The summed E-state index contributed by atoms with van der Waals surface area (Å²) in [5.41, 5.74) is 7.54. The van der Waals surface area contributed by atoms with Gasteiger partial charge in [-0.3, -0.25) is 9.78 Å². The topological polar surface area (TPSA) is 88.7 Å². The molecule has 0 aliphatic carbocycles. The number of halogens is 1. The molecule has 3 N–H and O–H groups in total. The lowest BCUT2D eigenvalue weighted by Crippen LogP contribution is -2.44. The van der Waals surface area contributed by atoms with Crippen LogP contribution in [0.15, 0.2) is 59.6 Å². The van der Waals surface area contributed by atoms with Crippen LogP contribution in [0.5, 0.6) is 5.75 Å². The Labute approximate surface area is 209 Å². The van der Waals surface area contributed by atoms with Crippen molar-refractivity contribution in [1.29, 1.82) is 0 Å². The Morgan fingerprint density at radius 3 is 2.86 bits per heavy atom. The molecule has 4 rings (SSSR count). The number of aromatic nitrogens is 1. The molecular weight excluding hydrogens is 465 g/mol. The first-order valence-electron chi connectivity index (χ1n) is 12.0. The van der Waals surface area contributed by atoms with E-state index in [0.717, 1.165) is 25.3 Å². The molecule has 1 saturated heterocycles. The SMILES string of the molecule is COc1ccc2ncc(F)c([C@H](N)CCC3CCN(CCSc4ccccc4)CC3C(=O)O)c2c1. The number of piperidine rings is 1. The second-order valence-corrected chi connectivity index (χ2v) is 10.2. The van der Waals surface area contributed by atoms with E-state index in [1.807, 2.05) is 18.2 Å². The van der Waals surface area contributed by atoms with Crippen LogP contribution < -0.4 is 10.5 Å². The highest BCUT2D eigenvalue weighted by atomic mass is 32.2. The van der Waals surface area contributed by atoms with E-state index >= 15 is 0 Å². The maximum Gasteiger partial charge on any atom is 0.308 e. The average Bonchev–Trinajstić information content (AvgIpc) is 2.87. The van der Waals surface area contributed by atoms with E-state index < -0.39 is 23.7 Å². The van der Waals surface area contributed by atoms with Crippen molar-refractivity contribution in [3.63, 3.8) is 0 Å². The van der Waals surface area contributed by atoms with Crippen LogP contribution in [-0.4, -0.2) is 53.5 Å². The van der Waals surface area contributed by atoms with Crippen LogP contribution in [0.4, 0.5) is 4.39 Å². The van der Waals surface area contributed by atoms with Gasteiger partial charge in [0.25, 0.3) is 0 Å². The Kier molecular flexibility index (Phi) is 8.59. The van der Waals surface area contributed by atoms with Gasteiger partial charge in [-0.2, -0.15) is 0 Å². The molecule has 0 radical (unpaired) electrons. The van der Waals surface area contributed by atoms with Gasteiger partial charge in [0.1, 0.15) is 11.6 Å². The summed E-state index contributed by atoms with van der Waals surface area (Å²) in [6.45, 7) is 2.25. The summed E-state index contributed by atoms with van der Waals surface area (Å²) in [6.07, 6.45) is 3.15. The highest BCUT2D eigenvalue weighted by molar-refractivity contribution is 7.99. The van der Waals surface area contributed by atoms with Gasteiger partial charge in [-0.1, -0.05) is 18.2 Å². The number of hydrogen-bond donors (Lipinski definition) is 2. The largest absolute Gasteiger partial charge is 0.497 e. The van der Waals surface area contributed by atoms with E-state index in [1.54, 1.807) is 37.1 Å². The first-order chi connectivity index (χ1) is 17.0. The molecule has 1 aliphatic rings. The molecule has 2 heterocycles. The quantitative estimate of drug-likeness (QED) is 0.382. The second kappa shape index (κ2) is 11.8. The fraction of sp³-hybridized carbons (Fsp3) is 0.407. The van der Waals surface area contributed by atoms with Crippen molar-refractivity contribution in [2.24, 2.45) is 17.6 Å². The molecule has 6 nitrogen and oxygen atoms in total. The minimum Gasteiger partial charge on any atom is -0.497 e. The minimum atomic E-state index is -0.769. The molecule has 1 aromatic heterocycles. The summed E-state index contributed by atoms with van der Waals surface area (Å²) in [7, 11) is 1.56. The van der Waals surface area contributed by atoms with Crippen LogP contribution in [0.25, 0.3) is 10.9 Å². The number of pyridine rings is 1. The fourth-order valence-corrected chi connectivity index (χ4v) is 5.85. The molecule has 0 spiro atoms. The smallest absolute Gasteiger partial charge is 0.308 e. The standard InChI is InChI=1S/C27H32FN3O3S/c1-34-19-8-10-25-21(15-19)26(23(28)16-30-25)24(29)9-7-18-11-12-31(17-22(18)27(32)33)13-14-35-20-5-3-2-4-6-20/h2-6,8,10,15-16,18,22,24H,7,9,11-14,17,29H2,1H3,(H,32,33)/t18?,22?,24-/m1/s1. The van der Waals surface area contributed by atoms with Crippen molar-refractivity contribution in [2.75, 3.05) is 32.5 Å². The summed E-state index contributed by atoms with van der Waals surface area (Å²) in [5.74, 6) is -0.113. The maximum absolute atomic E-state index is 14.8. The van der Waals surface area contributed by atoms with Gasteiger partial charge in [0, 0.05) is 40.7 Å². The van der Waals surface area contributed by atoms with Gasteiger partial charge in [0.15, 0.2) is 0 Å². The lowest BCUT2D eigenvalue weighted by atomic mass is 9.81. The molecule has 8 heteroatoms. The third kappa shape index (κ3) is 6.31. The van der Waals surface area contributed by atoms with E-state index in [9.17, 15) is 14.3 Å². The van der Waals surface area contributed by atoms with Crippen LogP contribution in [-0.2, 0) is 4.79 Å². The number of aliphatic carboxylic acids is 1. The molecule has 2 aromatic carbocycles. The Hall–Kier alpha value is -2.68. The average molecular weight is 498 g/mol. The van der Waals surface area contributed by atoms with Gasteiger partial charge in [0.2, 0.25) is 0 Å². The Balaban J connectivity index is 1.37. The van der Waals surface area contributed by atoms with E-state index in [0.29, 0.717) is 41.6 Å². The van der Waals surface area contributed by atoms with Gasteiger partial charge < -0.3 is 20.5 Å². The highest BCUT2D eigenvalue weighted by Gasteiger charge is 2.34. The molecule has 3 aromatic rings. The number of benzene rings is 2. The molecule has 35 heavy (non-hydrogen) atoms. The maximum atomic E-state index is 14.8. The summed E-state index contributed by atoms with van der Waals surface area (Å²) in [6, 6.07) is 15.0. The third-order valence-electron chi connectivity index (χ3n) is 6.86. The summed E-state index contributed by atoms with van der Waals surface area (Å²) >= 11 is 1.79. The van der Waals surface area contributed by atoms with Gasteiger partial charge in [-0.05, 0) is 62.1 Å². The van der Waals surface area contributed by atoms with Crippen LogP contribution >= 0.6 is 11.8 Å². The normalized spacial score (nSPS) is 19.5. The Morgan fingerprint density at radius 1 is 1.31 bits per heavy atom. The monoisotopic (exact) mass is 497 g/mol. The fourth-order valence-electron chi connectivity index (χ4n) is 4.92. The predicted molar refractivity (Wildman–Crippen MR) is 137 cm³/mol. The van der Waals surface area contributed by atoms with E-state index in [4.69, 9.17) is 10.5 Å². The predicted octanol–water partition coefficient (Wildman–Crippen LogP) is 4.98. The van der Waals surface area contributed by atoms with Gasteiger partial charge in [-0.15, -0.1) is 11.8 Å². The van der Waals surface area contributed by atoms with Crippen molar-refractivity contribution < 1.29 is 19.0 Å². The molecule has 2 unspecified atom stereocenters. The van der Waals surface area contributed by atoms with Crippen molar-refractivity contribution >= 4 is 28.6 Å². The lowest BCUT2D eigenvalue weighted by Gasteiger charge is -2.37. The first-order valence-corrected chi connectivity index (χ1v) is 13.0. The number of thioether (sulfide) groups is 1. The molecular formula is C27H32FN3O3S. The number of nitrogens with zero attached hydrogens (tertiary/aromatic N) is 2. The van der Waals surface area contributed by atoms with Crippen molar-refractivity contribution in [2.45, 2.75) is 30.2 Å². The number of methoxy groups -OCH3 is 1. The number of hydrogen-bond acceptors (Lipinski definition) is 6. The summed E-state index contributed by atoms with van der Waals surface area (Å²) in [5, 5.41) is 10.5. The van der Waals surface area contributed by atoms with E-state index in [2.05, 4.69) is 22.0 Å². The zero-order valence-electron chi connectivity index (χ0n) is 19.9. The molecule has 3 atom stereocenters. The molecule has 0 bridgehead atoms. The van der Waals surface area contributed by atoms with Gasteiger partial charge in [-0.25, -0.2) is 4.39 Å². The highest BCUT2D eigenvalue weighted by Crippen LogP contribution is 2.34. The number of nitrogens with two attached hydrogens (primary N) is 1. The number of fused-ring (bicyclic) bond motifs is 1. The number of carboxylic acid groups (broad SMARTS) is 1. The third-order valence-corrected chi connectivity index (χ3v) is 7.86. The van der Waals surface area contributed by atoms with Crippen molar-refractivity contribution in [3.05, 3.63) is 66.1 Å². The molecule has 186 valence electrons. The molecule has 1 aliphatic heterocycles. The zero-order valence-corrected chi connectivity index (χ0v) is 20.7. The van der Waals surface area contributed by atoms with E-state index in [1.165, 1.54) is 11.1 Å². The lowest BCUT2D eigenvalue weighted by molar-refractivity contribution is -0.146. The van der Waals surface area contributed by atoms with Crippen LogP contribution in [0.2, 0.25) is 0 Å². The van der Waals surface area contributed by atoms with Gasteiger partial charge in [0.05, 0.1) is 24.7 Å². The van der Waals surface area contributed by atoms with Crippen LogP contribution in [0, 0.1) is 17.7 Å². The second-order valence-electron chi connectivity index (χ2n) is 9.04. The van der Waals surface area contributed by atoms with Gasteiger partial charge >= 0.3 is 5.97 Å². The van der Waals surface area contributed by atoms with Crippen LogP contribution in [0.1, 0.15) is 30.9 Å². The zero-order chi connectivity index (χ0) is 24.8. The van der Waals surface area contributed by atoms with Crippen molar-refractivity contribution in [1.82, 2.24) is 9.88 Å². The van der Waals surface area contributed by atoms with Crippen molar-refractivity contribution in [3.8, 4) is 5.75 Å². The van der Waals surface area contributed by atoms with Crippen LogP contribution in [0.3, 0.4) is 0 Å². The van der Waals surface area contributed by atoms with E-state index in [-0.39, 0.29) is 5.92 Å². The minimum absolute atomic E-state index is 0.0160. The Morgan fingerprint density at radius 2 is 2.11 bits per heavy atom. The number of rotatable bonds is 10. The number of carbonyl (C=O) groups is 1. The molecule has 1 fully saturated rings. The summed E-state index contributed by atoms with van der Waals surface area (Å²) < 4.78 is 20.1. The first kappa shape index (κ1) is 25.4. The Bertz CT molecular complexity index is 1150. The molecule has 0 saturated carbocycles. The number of carboxylic acids is 1. The number of ether oxygens (including phenoxy) is 1. The summed E-state index contributed by atoms with van der Waals surface area (Å²) in [4.78, 5) is 19.7. The molecule has 0 amide bonds. The number of likely N-dealkylation sites (tertiary alicyclic amines) is 1.